The summed E-state index contributed by atoms with van der Waals surface area (Å²) in [6.07, 6.45) is 0. The van der Waals surface area contributed by atoms with E-state index in [0.29, 0.717) is 0 Å². The van der Waals surface area contributed by atoms with Crippen molar-refractivity contribution in [3.8, 4) is 0 Å². The van der Waals surface area contributed by atoms with Crippen molar-refractivity contribution in [1.82, 2.24) is 0 Å². The molecular formula is C11H15IO2. The zero-order valence-corrected chi connectivity index (χ0v) is 10.8. The van der Waals surface area contributed by atoms with Crippen molar-refractivity contribution < 1.29 is 9.47 Å². The minimum atomic E-state index is -0.584. The first-order valence-electron chi connectivity index (χ1n) is 4.48. The maximum atomic E-state index is 5.37. The van der Waals surface area contributed by atoms with Crippen molar-refractivity contribution in [2.24, 2.45) is 0 Å². The average molecular weight is 306 g/mol. The highest BCUT2D eigenvalue weighted by Gasteiger charge is 2.34. The van der Waals surface area contributed by atoms with Gasteiger partial charge in [-0.3, -0.25) is 0 Å². The quantitative estimate of drug-likeness (QED) is 0.483. The number of alkyl halides is 1. The predicted molar refractivity (Wildman–Crippen MR) is 65.6 cm³/mol. The summed E-state index contributed by atoms with van der Waals surface area (Å²) in [5.74, 6) is 0.194. The molecule has 1 rings (SSSR count). The molecule has 0 heterocycles. The number of benzene rings is 1. The van der Waals surface area contributed by atoms with Gasteiger partial charge in [0.05, 0.1) is 0 Å². The van der Waals surface area contributed by atoms with E-state index in [4.69, 9.17) is 9.47 Å². The number of hydrogen-bond acceptors (Lipinski definition) is 2. The van der Waals surface area contributed by atoms with Crippen LogP contribution in [0.3, 0.4) is 0 Å². The van der Waals surface area contributed by atoms with Crippen molar-refractivity contribution in [2.75, 3.05) is 14.2 Å². The number of hydrogen-bond donors (Lipinski definition) is 0. The Bertz CT molecular complexity index is 270. The molecule has 0 amide bonds. The molecule has 1 unspecified atom stereocenters. The third kappa shape index (κ3) is 2.46. The van der Waals surface area contributed by atoms with Crippen LogP contribution in [0, 0.1) is 0 Å². The minimum Gasteiger partial charge on any atom is -0.345 e. The van der Waals surface area contributed by atoms with Gasteiger partial charge in [-0.15, -0.1) is 0 Å². The fourth-order valence-electron chi connectivity index (χ4n) is 1.38. The molecule has 0 saturated heterocycles. The van der Waals surface area contributed by atoms with Crippen molar-refractivity contribution in [3.63, 3.8) is 0 Å². The molecule has 0 radical (unpaired) electrons. The van der Waals surface area contributed by atoms with Crippen LogP contribution < -0.4 is 0 Å². The Morgan fingerprint density at radius 1 is 1.14 bits per heavy atom. The summed E-state index contributed by atoms with van der Waals surface area (Å²) in [5.41, 5.74) is 1.21. The second-order valence-electron chi connectivity index (χ2n) is 3.12. The fourth-order valence-corrected chi connectivity index (χ4v) is 1.74. The van der Waals surface area contributed by atoms with E-state index in [1.54, 1.807) is 14.2 Å². The maximum Gasteiger partial charge on any atom is 0.227 e. The van der Waals surface area contributed by atoms with Gasteiger partial charge < -0.3 is 9.47 Å². The number of ether oxygens (including phenoxy) is 2. The summed E-state index contributed by atoms with van der Waals surface area (Å²) in [6.45, 7) is 2.09. The highest BCUT2D eigenvalue weighted by Crippen LogP contribution is 2.36. The van der Waals surface area contributed by atoms with Crippen LogP contribution in [0.25, 0.3) is 0 Å². The molecule has 0 fully saturated rings. The van der Waals surface area contributed by atoms with Gasteiger partial charge in [0.15, 0.2) is 0 Å². The van der Waals surface area contributed by atoms with E-state index in [2.05, 4.69) is 41.6 Å². The molecule has 78 valence electrons. The smallest absolute Gasteiger partial charge is 0.227 e. The lowest BCUT2D eigenvalue weighted by molar-refractivity contribution is -0.131. The standard InChI is InChI=1S/C11H15IO2/c1-9(11(12,13-2)14-3)10-7-5-4-6-8-10/h4-9H,1-3H3. The first kappa shape index (κ1) is 11.9. The summed E-state index contributed by atoms with van der Waals surface area (Å²) in [7, 11) is 3.32. The Hall–Kier alpha value is -0.130. The molecule has 0 N–H and O–H groups in total. The SMILES string of the molecule is COC(I)(OC)C(C)c1ccccc1. The van der Waals surface area contributed by atoms with Gasteiger partial charge in [0.25, 0.3) is 0 Å². The third-order valence-electron chi connectivity index (χ3n) is 2.37. The maximum absolute atomic E-state index is 5.37. The van der Waals surface area contributed by atoms with E-state index in [0.717, 1.165) is 0 Å². The van der Waals surface area contributed by atoms with Gasteiger partial charge in [0.2, 0.25) is 3.79 Å². The largest absolute Gasteiger partial charge is 0.345 e. The molecule has 0 spiro atoms. The lowest BCUT2D eigenvalue weighted by Crippen LogP contribution is -2.32. The van der Waals surface area contributed by atoms with Crippen molar-refractivity contribution in [2.45, 2.75) is 16.6 Å². The lowest BCUT2D eigenvalue weighted by Gasteiger charge is -2.30. The molecule has 3 heteroatoms. The zero-order chi connectivity index (χ0) is 10.6. The molecule has 0 bridgehead atoms. The van der Waals surface area contributed by atoms with Crippen LogP contribution >= 0.6 is 22.6 Å². The van der Waals surface area contributed by atoms with Gasteiger partial charge in [-0.2, -0.15) is 0 Å². The van der Waals surface area contributed by atoms with Crippen LogP contribution in [-0.4, -0.2) is 18.0 Å². The fraction of sp³-hybridized carbons (Fsp3) is 0.455. The van der Waals surface area contributed by atoms with Crippen LogP contribution in [0.1, 0.15) is 18.4 Å². The van der Waals surface area contributed by atoms with Crippen molar-refractivity contribution >= 4 is 22.6 Å². The lowest BCUT2D eigenvalue weighted by atomic mass is 10.0. The molecule has 1 aromatic rings. The number of halogens is 1. The third-order valence-corrected chi connectivity index (χ3v) is 4.19. The molecule has 14 heavy (non-hydrogen) atoms. The van der Waals surface area contributed by atoms with Crippen LogP contribution in [0.2, 0.25) is 0 Å². The molecule has 0 aromatic heterocycles. The van der Waals surface area contributed by atoms with Gasteiger partial charge in [-0.1, -0.05) is 37.3 Å². The summed E-state index contributed by atoms with van der Waals surface area (Å²) < 4.78 is 10.2. The summed E-state index contributed by atoms with van der Waals surface area (Å²) in [5, 5.41) is 0. The van der Waals surface area contributed by atoms with Crippen LogP contribution in [0.4, 0.5) is 0 Å². The van der Waals surface area contributed by atoms with Gasteiger partial charge >= 0.3 is 0 Å². The van der Waals surface area contributed by atoms with E-state index in [9.17, 15) is 0 Å². The van der Waals surface area contributed by atoms with E-state index in [1.165, 1.54) is 5.56 Å². The topological polar surface area (TPSA) is 18.5 Å². The van der Waals surface area contributed by atoms with E-state index >= 15 is 0 Å². The van der Waals surface area contributed by atoms with Crippen LogP contribution in [0.5, 0.6) is 0 Å². The van der Waals surface area contributed by atoms with E-state index in [-0.39, 0.29) is 5.92 Å². The second-order valence-corrected chi connectivity index (χ2v) is 4.63. The Morgan fingerprint density at radius 3 is 2.07 bits per heavy atom. The zero-order valence-electron chi connectivity index (χ0n) is 8.66. The molecule has 0 saturated carbocycles. The minimum absolute atomic E-state index is 0.194. The van der Waals surface area contributed by atoms with Crippen molar-refractivity contribution in [3.05, 3.63) is 35.9 Å². The Kier molecular flexibility index (Phi) is 4.34. The Morgan fingerprint density at radius 2 is 1.64 bits per heavy atom. The van der Waals surface area contributed by atoms with Gasteiger partial charge in [0, 0.05) is 20.1 Å². The molecular weight excluding hydrogens is 291 g/mol. The van der Waals surface area contributed by atoms with Crippen LogP contribution in [-0.2, 0) is 9.47 Å². The molecule has 0 aliphatic carbocycles. The molecule has 0 aliphatic heterocycles. The number of rotatable bonds is 4. The first-order valence-corrected chi connectivity index (χ1v) is 5.56. The highest BCUT2D eigenvalue weighted by atomic mass is 127. The van der Waals surface area contributed by atoms with Gasteiger partial charge in [-0.25, -0.2) is 0 Å². The van der Waals surface area contributed by atoms with Crippen LogP contribution in [0.15, 0.2) is 30.3 Å². The highest BCUT2D eigenvalue weighted by molar-refractivity contribution is 14.1. The van der Waals surface area contributed by atoms with E-state index in [1.807, 2.05) is 18.2 Å². The van der Waals surface area contributed by atoms with Crippen molar-refractivity contribution in [1.29, 1.82) is 0 Å². The Balaban J connectivity index is 2.89. The predicted octanol–water partition coefficient (Wildman–Crippen LogP) is 3.17. The summed E-state index contributed by atoms with van der Waals surface area (Å²) >= 11 is 2.19. The second kappa shape index (κ2) is 5.09. The number of methoxy groups -OCH3 is 2. The van der Waals surface area contributed by atoms with Gasteiger partial charge in [-0.05, 0) is 28.2 Å². The molecule has 1 aromatic carbocycles. The van der Waals surface area contributed by atoms with E-state index < -0.39 is 3.79 Å². The first-order chi connectivity index (χ1) is 6.64. The molecule has 0 aliphatic rings. The average Bonchev–Trinajstić information content (AvgIpc) is 2.28. The summed E-state index contributed by atoms with van der Waals surface area (Å²) in [6, 6.07) is 10.2. The normalized spacial score (nSPS) is 14.0. The molecule has 2 nitrogen and oxygen atoms in total. The monoisotopic (exact) mass is 306 g/mol. The Labute approximate surface area is 98.7 Å². The van der Waals surface area contributed by atoms with Gasteiger partial charge in [0.1, 0.15) is 0 Å². The molecule has 1 atom stereocenters. The summed E-state index contributed by atoms with van der Waals surface area (Å²) in [4.78, 5) is 0.